The Bertz CT molecular complexity index is 958. The molecule has 0 aliphatic carbocycles. The Labute approximate surface area is 194 Å². The number of aromatic nitrogens is 2. The summed E-state index contributed by atoms with van der Waals surface area (Å²) in [6, 6.07) is 7.92. The molecule has 3 rings (SSSR count). The van der Waals surface area contributed by atoms with Gasteiger partial charge in [-0.1, -0.05) is 18.2 Å². The van der Waals surface area contributed by atoms with E-state index < -0.39 is 11.7 Å². The van der Waals surface area contributed by atoms with Gasteiger partial charge in [0.2, 0.25) is 11.9 Å². The SMILES string of the molecule is CN(Cc1cccc(-c2cnc(N3CCC[C@H]3CO)nc2)c1)C(=O)CNC(=O)OC(C)(C)C. The monoisotopic (exact) mass is 455 g/mol. The van der Waals surface area contributed by atoms with Crippen LogP contribution in [0.15, 0.2) is 36.7 Å². The molecule has 1 fully saturated rings. The summed E-state index contributed by atoms with van der Waals surface area (Å²) in [5.41, 5.74) is 2.16. The van der Waals surface area contributed by atoms with Crippen LogP contribution >= 0.6 is 0 Å². The average molecular weight is 456 g/mol. The number of benzene rings is 1. The van der Waals surface area contributed by atoms with E-state index in [1.165, 1.54) is 0 Å². The molecule has 2 N–H and O–H groups in total. The molecule has 0 spiro atoms. The van der Waals surface area contributed by atoms with Crippen molar-refractivity contribution in [3.05, 3.63) is 42.2 Å². The number of hydrogen-bond donors (Lipinski definition) is 2. The van der Waals surface area contributed by atoms with Crippen LogP contribution in [0.25, 0.3) is 11.1 Å². The van der Waals surface area contributed by atoms with Crippen molar-refractivity contribution in [1.29, 1.82) is 0 Å². The zero-order chi connectivity index (χ0) is 24.0. The highest BCUT2D eigenvalue weighted by Crippen LogP contribution is 2.24. The molecule has 0 saturated carbocycles. The molecule has 2 heterocycles. The summed E-state index contributed by atoms with van der Waals surface area (Å²) in [5, 5.41) is 12.0. The van der Waals surface area contributed by atoms with E-state index in [0.29, 0.717) is 12.5 Å². The number of rotatable bonds is 7. The van der Waals surface area contributed by atoms with Crippen molar-refractivity contribution >= 4 is 17.9 Å². The largest absolute Gasteiger partial charge is 0.444 e. The van der Waals surface area contributed by atoms with Crippen molar-refractivity contribution in [2.24, 2.45) is 0 Å². The summed E-state index contributed by atoms with van der Waals surface area (Å²) in [6.07, 6.45) is 4.93. The third-order valence-electron chi connectivity index (χ3n) is 5.37. The van der Waals surface area contributed by atoms with Gasteiger partial charge < -0.3 is 25.0 Å². The van der Waals surface area contributed by atoms with Crippen LogP contribution in [0.5, 0.6) is 0 Å². The smallest absolute Gasteiger partial charge is 0.408 e. The molecule has 0 radical (unpaired) electrons. The Hall–Kier alpha value is -3.20. The van der Waals surface area contributed by atoms with Crippen LogP contribution in [0.3, 0.4) is 0 Å². The molecule has 1 aliphatic rings. The maximum Gasteiger partial charge on any atom is 0.408 e. The fraction of sp³-hybridized carbons (Fsp3) is 0.500. The van der Waals surface area contributed by atoms with Gasteiger partial charge >= 0.3 is 6.09 Å². The van der Waals surface area contributed by atoms with Crippen LogP contribution < -0.4 is 10.2 Å². The molecule has 0 unspecified atom stereocenters. The van der Waals surface area contributed by atoms with Gasteiger partial charge in [-0.15, -0.1) is 0 Å². The number of likely N-dealkylation sites (N-methyl/N-ethyl adjacent to an activating group) is 1. The molecule has 9 heteroatoms. The number of alkyl carbamates (subject to hydrolysis) is 1. The van der Waals surface area contributed by atoms with Crippen LogP contribution in [-0.4, -0.2) is 70.4 Å². The predicted molar refractivity (Wildman–Crippen MR) is 126 cm³/mol. The molecule has 1 aromatic carbocycles. The van der Waals surface area contributed by atoms with E-state index in [4.69, 9.17) is 4.74 Å². The first-order valence-electron chi connectivity index (χ1n) is 11.2. The molecule has 0 bridgehead atoms. The number of amides is 2. The van der Waals surface area contributed by atoms with Crippen LogP contribution in [0.4, 0.5) is 10.7 Å². The summed E-state index contributed by atoms with van der Waals surface area (Å²) < 4.78 is 5.16. The number of nitrogens with one attached hydrogen (secondary N) is 1. The summed E-state index contributed by atoms with van der Waals surface area (Å²) in [4.78, 5) is 36.8. The zero-order valence-electron chi connectivity index (χ0n) is 19.7. The highest BCUT2D eigenvalue weighted by Gasteiger charge is 2.25. The van der Waals surface area contributed by atoms with Crippen LogP contribution in [0.2, 0.25) is 0 Å². The van der Waals surface area contributed by atoms with E-state index in [2.05, 4.69) is 15.3 Å². The summed E-state index contributed by atoms with van der Waals surface area (Å²) in [6.45, 7) is 6.52. The van der Waals surface area contributed by atoms with Gasteiger partial charge in [-0.25, -0.2) is 14.8 Å². The number of anilines is 1. The summed E-state index contributed by atoms with van der Waals surface area (Å²) >= 11 is 0. The lowest BCUT2D eigenvalue weighted by Gasteiger charge is -2.22. The number of carbonyl (C=O) groups is 2. The maximum absolute atomic E-state index is 12.4. The minimum atomic E-state index is -0.617. The Morgan fingerprint density at radius 1 is 1.24 bits per heavy atom. The molecule has 1 aromatic heterocycles. The second kappa shape index (κ2) is 10.6. The number of ether oxygens (including phenoxy) is 1. The van der Waals surface area contributed by atoms with E-state index >= 15 is 0 Å². The van der Waals surface area contributed by atoms with Gasteiger partial charge in [-0.05, 0) is 50.8 Å². The van der Waals surface area contributed by atoms with Gasteiger partial charge in [0.1, 0.15) is 12.1 Å². The van der Waals surface area contributed by atoms with Gasteiger partial charge in [0, 0.05) is 38.1 Å². The molecule has 1 saturated heterocycles. The first kappa shape index (κ1) is 24.4. The molecule has 9 nitrogen and oxygen atoms in total. The Kier molecular flexibility index (Phi) is 7.86. The highest BCUT2D eigenvalue weighted by molar-refractivity contribution is 5.82. The molecule has 33 heavy (non-hydrogen) atoms. The fourth-order valence-corrected chi connectivity index (χ4v) is 3.72. The topological polar surface area (TPSA) is 108 Å². The van der Waals surface area contributed by atoms with Crippen LogP contribution in [-0.2, 0) is 16.1 Å². The van der Waals surface area contributed by atoms with E-state index in [1.54, 1.807) is 45.1 Å². The van der Waals surface area contributed by atoms with E-state index in [1.807, 2.05) is 29.2 Å². The normalized spacial score (nSPS) is 15.9. The third kappa shape index (κ3) is 6.89. The first-order chi connectivity index (χ1) is 15.7. The Morgan fingerprint density at radius 3 is 2.64 bits per heavy atom. The van der Waals surface area contributed by atoms with Crippen molar-refractivity contribution in [3.8, 4) is 11.1 Å². The molecule has 2 aromatic rings. The minimum absolute atomic E-state index is 0.0806. The van der Waals surface area contributed by atoms with Crippen molar-refractivity contribution in [2.75, 3.05) is 31.6 Å². The van der Waals surface area contributed by atoms with Crippen LogP contribution in [0.1, 0.15) is 39.2 Å². The fourth-order valence-electron chi connectivity index (χ4n) is 3.72. The predicted octanol–water partition coefficient (Wildman–Crippen LogP) is 2.59. The summed E-state index contributed by atoms with van der Waals surface area (Å²) in [5.74, 6) is 0.414. The molecular weight excluding hydrogens is 422 g/mol. The lowest BCUT2D eigenvalue weighted by Crippen LogP contribution is -2.40. The second-order valence-electron chi connectivity index (χ2n) is 9.25. The Morgan fingerprint density at radius 2 is 1.97 bits per heavy atom. The number of nitrogens with zero attached hydrogens (tertiary/aromatic N) is 4. The number of aliphatic hydroxyl groups excluding tert-OH is 1. The van der Waals surface area contributed by atoms with Gasteiger partial charge in [0.05, 0.1) is 12.6 Å². The van der Waals surface area contributed by atoms with Crippen molar-refractivity contribution in [3.63, 3.8) is 0 Å². The average Bonchev–Trinajstić information content (AvgIpc) is 3.25. The zero-order valence-corrected chi connectivity index (χ0v) is 19.7. The number of carbonyl (C=O) groups excluding carboxylic acids is 2. The molecule has 1 atom stereocenters. The van der Waals surface area contributed by atoms with Crippen LogP contribution in [0, 0.1) is 0 Å². The van der Waals surface area contributed by atoms with Gasteiger partial charge in [-0.3, -0.25) is 4.79 Å². The summed E-state index contributed by atoms with van der Waals surface area (Å²) in [7, 11) is 1.69. The number of aliphatic hydroxyl groups is 1. The second-order valence-corrected chi connectivity index (χ2v) is 9.25. The molecular formula is C24H33N5O4. The van der Waals surface area contributed by atoms with Crippen molar-refractivity contribution in [1.82, 2.24) is 20.2 Å². The van der Waals surface area contributed by atoms with Crippen molar-refractivity contribution < 1.29 is 19.4 Å². The number of hydrogen-bond acceptors (Lipinski definition) is 7. The Balaban J connectivity index is 1.59. The van der Waals surface area contributed by atoms with E-state index in [0.717, 1.165) is 36.1 Å². The van der Waals surface area contributed by atoms with Gasteiger partial charge in [-0.2, -0.15) is 0 Å². The van der Waals surface area contributed by atoms with Crippen molar-refractivity contribution in [2.45, 2.75) is 51.8 Å². The lowest BCUT2D eigenvalue weighted by molar-refractivity contribution is -0.129. The standard InChI is InChI=1S/C24H33N5O4/c1-24(2,3)33-23(32)27-14-21(31)28(4)15-17-7-5-8-18(11-17)19-12-25-22(26-13-19)29-10-6-9-20(29)16-30/h5,7-8,11-13,20,30H,6,9-10,14-16H2,1-4H3,(H,27,32)/t20-/m0/s1. The van der Waals surface area contributed by atoms with E-state index in [9.17, 15) is 14.7 Å². The lowest BCUT2D eigenvalue weighted by atomic mass is 10.1. The van der Waals surface area contributed by atoms with Gasteiger partial charge in [0.25, 0.3) is 0 Å². The maximum atomic E-state index is 12.4. The molecule has 1 aliphatic heterocycles. The quantitative estimate of drug-likeness (QED) is 0.661. The highest BCUT2D eigenvalue weighted by atomic mass is 16.6. The molecule has 2 amide bonds. The minimum Gasteiger partial charge on any atom is -0.444 e. The molecule has 178 valence electrons. The van der Waals surface area contributed by atoms with E-state index in [-0.39, 0.29) is 25.1 Å². The first-order valence-corrected chi connectivity index (χ1v) is 11.2. The van der Waals surface area contributed by atoms with Gasteiger partial charge in [0.15, 0.2) is 0 Å². The third-order valence-corrected chi connectivity index (χ3v) is 5.37.